The van der Waals surface area contributed by atoms with Gasteiger partial charge in [0.15, 0.2) is 0 Å². The number of likely N-dealkylation sites (N-methyl/N-ethyl adjacent to an activating group) is 1. The van der Waals surface area contributed by atoms with Gasteiger partial charge in [0.2, 0.25) is 0 Å². The minimum atomic E-state index is -0.817. The van der Waals surface area contributed by atoms with Crippen LogP contribution in [0.4, 0.5) is 0 Å². The lowest BCUT2D eigenvalue weighted by Crippen LogP contribution is -2.37. The van der Waals surface area contributed by atoms with Gasteiger partial charge in [-0.25, -0.2) is 0 Å². The summed E-state index contributed by atoms with van der Waals surface area (Å²) in [5.41, 5.74) is 0. The first kappa shape index (κ1) is 12.2. The molecule has 0 aromatic carbocycles. The van der Waals surface area contributed by atoms with Crippen LogP contribution in [-0.2, 0) is 11.3 Å². The van der Waals surface area contributed by atoms with Gasteiger partial charge in [-0.2, -0.15) is 5.10 Å². The summed E-state index contributed by atoms with van der Waals surface area (Å²) in [6.45, 7) is 3.13. The van der Waals surface area contributed by atoms with Crippen LogP contribution in [0.2, 0.25) is 0 Å². The fourth-order valence-electron chi connectivity index (χ4n) is 1.28. The SMILES string of the molecule is CCNC(CCn1cc(Br)cn1)C(=O)O. The molecule has 0 saturated carbocycles. The van der Waals surface area contributed by atoms with Gasteiger partial charge in [0.05, 0.1) is 10.7 Å². The quantitative estimate of drug-likeness (QED) is 0.816. The Bertz CT molecular complexity index is 327. The van der Waals surface area contributed by atoms with E-state index < -0.39 is 12.0 Å². The molecule has 0 saturated heterocycles. The highest BCUT2D eigenvalue weighted by Crippen LogP contribution is 2.07. The zero-order chi connectivity index (χ0) is 11.3. The number of halogens is 1. The lowest BCUT2D eigenvalue weighted by molar-refractivity contribution is -0.139. The van der Waals surface area contributed by atoms with E-state index in [-0.39, 0.29) is 0 Å². The predicted octanol–water partition coefficient (Wildman–Crippen LogP) is 1.10. The van der Waals surface area contributed by atoms with Crippen molar-refractivity contribution in [2.75, 3.05) is 6.54 Å². The molecule has 1 heterocycles. The summed E-state index contributed by atoms with van der Waals surface area (Å²) in [5, 5.41) is 15.8. The van der Waals surface area contributed by atoms with Gasteiger partial charge in [-0.05, 0) is 28.9 Å². The molecule has 1 atom stereocenters. The topological polar surface area (TPSA) is 67.2 Å². The molecule has 0 fully saturated rings. The summed E-state index contributed by atoms with van der Waals surface area (Å²) in [4.78, 5) is 10.8. The van der Waals surface area contributed by atoms with Crippen molar-refractivity contribution in [3.8, 4) is 0 Å². The number of nitrogens with zero attached hydrogens (tertiary/aromatic N) is 2. The number of hydrogen-bond donors (Lipinski definition) is 2. The molecule has 1 unspecified atom stereocenters. The standard InChI is InChI=1S/C9H14BrN3O2/c1-2-11-8(9(14)15)3-4-13-6-7(10)5-12-13/h5-6,8,11H,2-4H2,1H3,(H,14,15). The number of nitrogens with one attached hydrogen (secondary N) is 1. The van der Waals surface area contributed by atoms with Crippen LogP contribution in [0.1, 0.15) is 13.3 Å². The number of rotatable bonds is 6. The van der Waals surface area contributed by atoms with Gasteiger partial charge in [0.25, 0.3) is 0 Å². The van der Waals surface area contributed by atoms with Gasteiger partial charge >= 0.3 is 5.97 Å². The molecule has 1 aromatic heterocycles. The maximum Gasteiger partial charge on any atom is 0.320 e. The van der Waals surface area contributed by atoms with Crippen LogP contribution >= 0.6 is 15.9 Å². The molecule has 0 radical (unpaired) electrons. The van der Waals surface area contributed by atoms with E-state index >= 15 is 0 Å². The number of aliphatic carboxylic acids is 1. The molecule has 0 spiro atoms. The summed E-state index contributed by atoms with van der Waals surface area (Å²) >= 11 is 3.28. The number of carboxylic acids is 1. The van der Waals surface area contributed by atoms with Crippen molar-refractivity contribution in [2.45, 2.75) is 25.9 Å². The molecule has 1 aromatic rings. The first-order valence-corrected chi connectivity index (χ1v) is 5.57. The minimum Gasteiger partial charge on any atom is -0.480 e. The van der Waals surface area contributed by atoms with E-state index in [1.54, 1.807) is 10.9 Å². The Hall–Kier alpha value is -0.880. The van der Waals surface area contributed by atoms with Crippen molar-refractivity contribution in [1.29, 1.82) is 0 Å². The predicted molar refractivity (Wildman–Crippen MR) is 59.6 cm³/mol. The molecule has 6 heteroatoms. The Morgan fingerprint density at radius 3 is 3.00 bits per heavy atom. The molecule has 84 valence electrons. The van der Waals surface area contributed by atoms with Crippen LogP contribution in [0.3, 0.4) is 0 Å². The summed E-state index contributed by atoms with van der Waals surface area (Å²) < 4.78 is 2.62. The number of carbonyl (C=O) groups is 1. The van der Waals surface area contributed by atoms with Crippen LogP contribution in [0.15, 0.2) is 16.9 Å². The van der Waals surface area contributed by atoms with Crippen LogP contribution in [-0.4, -0.2) is 33.4 Å². The molecule has 0 amide bonds. The Balaban J connectivity index is 2.43. The van der Waals surface area contributed by atoms with Gasteiger partial charge < -0.3 is 10.4 Å². The molecular weight excluding hydrogens is 262 g/mol. The number of aryl methyl sites for hydroxylation is 1. The first-order valence-electron chi connectivity index (χ1n) is 4.77. The molecule has 0 aliphatic rings. The highest BCUT2D eigenvalue weighted by molar-refractivity contribution is 9.10. The van der Waals surface area contributed by atoms with Crippen LogP contribution < -0.4 is 5.32 Å². The van der Waals surface area contributed by atoms with Crippen molar-refractivity contribution < 1.29 is 9.90 Å². The minimum absolute atomic E-state index is 0.502. The molecule has 0 aliphatic carbocycles. The molecule has 1 rings (SSSR count). The molecule has 2 N–H and O–H groups in total. The summed E-state index contributed by atoms with van der Waals surface area (Å²) in [6.07, 6.45) is 4.03. The van der Waals surface area contributed by atoms with Gasteiger partial charge in [-0.1, -0.05) is 6.92 Å². The van der Waals surface area contributed by atoms with E-state index in [1.165, 1.54) is 0 Å². The number of carboxylic acid groups (broad SMARTS) is 1. The Labute approximate surface area is 96.6 Å². The lowest BCUT2D eigenvalue weighted by Gasteiger charge is -2.12. The summed E-state index contributed by atoms with van der Waals surface area (Å²) in [6, 6.07) is -0.502. The average Bonchev–Trinajstić information content (AvgIpc) is 2.58. The van der Waals surface area contributed by atoms with Gasteiger partial charge in [0.1, 0.15) is 6.04 Å². The Kier molecular flexibility index (Phi) is 4.77. The Morgan fingerprint density at radius 1 is 1.80 bits per heavy atom. The zero-order valence-electron chi connectivity index (χ0n) is 8.48. The van der Waals surface area contributed by atoms with E-state index in [0.717, 1.165) is 4.47 Å². The van der Waals surface area contributed by atoms with Crippen LogP contribution in [0.5, 0.6) is 0 Å². The maximum absolute atomic E-state index is 10.8. The molecule has 0 bridgehead atoms. The van der Waals surface area contributed by atoms with Gasteiger partial charge in [0, 0.05) is 12.7 Å². The second kappa shape index (κ2) is 5.87. The second-order valence-electron chi connectivity index (χ2n) is 3.16. The average molecular weight is 276 g/mol. The third kappa shape index (κ3) is 4.01. The van der Waals surface area contributed by atoms with Crippen molar-refractivity contribution >= 4 is 21.9 Å². The second-order valence-corrected chi connectivity index (χ2v) is 4.07. The van der Waals surface area contributed by atoms with E-state index in [2.05, 4.69) is 26.3 Å². The molecule has 0 aliphatic heterocycles. The highest BCUT2D eigenvalue weighted by atomic mass is 79.9. The van der Waals surface area contributed by atoms with Gasteiger partial charge in [-0.15, -0.1) is 0 Å². The largest absolute Gasteiger partial charge is 0.480 e. The summed E-state index contributed by atoms with van der Waals surface area (Å²) in [7, 11) is 0. The maximum atomic E-state index is 10.8. The molecule has 15 heavy (non-hydrogen) atoms. The number of aromatic nitrogens is 2. The molecular formula is C9H14BrN3O2. The third-order valence-corrected chi connectivity index (χ3v) is 2.41. The van der Waals surface area contributed by atoms with E-state index in [0.29, 0.717) is 19.5 Å². The monoisotopic (exact) mass is 275 g/mol. The van der Waals surface area contributed by atoms with Crippen molar-refractivity contribution in [3.05, 3.63) is 16.9 Å². The Morgan fingerprint density at radius 2 is 2.53 bits per heavy atom. The lowest BCUT2D eigenvalue weighted by atomic mass is 10.2. The fraction of sp³-hybridized carbons (Fsp3) is 0.556. The van der Waals surface area contributed by atoms with Crippen molar-refractivity contribution in [3.63, 3.8) is 0 Å². The smallest absolute Gasteiger partial charge is 0.320 e. The van der Waals surface area contributed by atoms with Crippen molar-refractivity contribution in [2.24, 2.45) is 0 Å². The van der Waals surface area contributed by atoms with E-state index in [1.807, 2.05) is 13.1 Å². The summed E-state index contributed by atoms with van der Waals surface area (Å²) in [5.74, 6) is -0.817. The van der Waals surface area contributed by atoms with Gasteiger partial charge in [-0.3, -0.25) is 9.48 Å². The highest BCUT2D eigenvalue weighted by Gasteiger charge is 2.15. The van der Waals surface area contributed by atoms with E-state index in [4.69, 9.17) is 5.11 Å². The third-order valence-electron chi connectivity index (χ3n) is 2.00. The van der Waals surface area contributed by atoms with Crippen molar-refractivity contribution in [1.82, 2.24) is 15.1 Å². The van der Waals surface area contributed by atoms with Crippen LogP contribution in [0, 0.1) is 0 Å². The number of hydrogen-bond acceptors (Lipinski definition) is 3. The fourth-order valence-corrected chi connectivity index (χ4v) is 1.61. The zero-order valence-corrected chi connectivity index (χ0v) is 10.1. The normalized spacial score (nSPS) is 12.7. The first-order chi connectivity index (χ1) is 7.13. The molecule has 5 nitrogen and oxygen atoms in total. The van der Waals surface area contributed by atoms with E-state index in [9.17, 15) is 4.79 Å². The van der Waals surface area contributed by atoms with Crippen LogP contribution in [0.25, 0.3) is 0 Å².